The molecule has 282 valence electrons. The molecule has 0 amide bonds. The first-order chi connectivity index (χ1) is 22.6. The molecule has 11 heteroatoms. The summed E-state index contributed by atoms with van der Waals surface area (Å²) in [6.07, 6.45) is -5.26. The Kier molecular flexibility index (Phi) is 10.7. The fraction of sp³-hybridized carbons (Fsp3) is 0.921. The third-order valence-electron chi connectivity index (χ3n) is 15.2. The molecule has 1 aliphatic heterocycles. The van der Waals surface area contributed by atoms with E-state index < -0.39 is 77.5 Å². The van der Waals surface area contributed by atoms with E-state index in [1.54, 1.807) is 0 Å². The van der Waals surface area contributed by atoms with Crippen molar-refractivity contribution in [1.29, 1.82) is 0 Å². The van der Waals surface area contributed by atoms with Crippen LogP contribution in [0.4, 0.5) is 0 Å². The van der Waals surface area contributed by atoms with Crippen molar-refractivity contribution >= 4 is 5.97 Å². The molecule has 0 aromatic carbocycles. The van der Waals surface area contributed by atoms with E-state index in [1.807, 2.05) is 27.7 Å². The van der Waals surface area contributed by atoms with E-state index >= 15 is 0 Å². The van der Waals surface area contributed by atoms with Crippen LogP contribution in [0.25, 0.3) is 0 Å². The van der Waals surface area contributed by atoms with Crippen LogP contribution < -0.4 is 0 Å². The Hall–Kier alpha value is -1.15. The molecular formula is C38H64O11. The summed E-state index contributed by atoms with van der Waals surface area (Å²) < 4.78 is 17.1. The minimum atomic E-state index is -1.64. The Morgan fingerprint density at radius 1 is 0.898 bits per heavy atom. The van der Waals surface area contributed by atoms with Gasteiger partial charge in [-0.05, 0) is 105 Å². The van der Waals surface area contributed by atoms with Crippen molar-refractivity contribution in [2.24, 2.45) is 45.3 Å². The first-order valence-electron chi connectivity index (χ1n) is 18.5. The zero-order valence-electron chi connectivity index (χ0n) is 30.8. The number of carbonyl (C=O) groups is 1. The highest BCUT2D eigenvalue weighted by Crippen LogP contribution is 2.76. The molecule has 5 aliphatic rings. The van der Waals surface area contributed by atoms with Gasteiger partial charge in [-0.15, -0.1) is 0 Å². The summed E-state index contributed by atoms with van der Waals surface area (Å²) in [5.74, 6) is -0.203. The molecule has 5 rings (SSSR count). The number of rotatable bonds is 9. The fourth-order valence-corrected chi connectivity index (χ4v) is 12.2. The van der Waals surface area contributed by atoms with Crippen LogP contribution in [0, 0.1) is 45.3 Å². The molecule has 0 spiro atoms. The van der Waals surface area contributed by atoms with Crippen LogP contribution in [0.2, 0.25) is 0 Å². The van der Waals surface area contributed by atoms with Crippen molar-refractivity contribution in [2.75, 3.05) is 6.61 Å². The van der Waals surface area contributed by atoms with Gasteiger partial charge in [0, 0.05) is 12.3 Å². The summed E-state index contributed by atoms with van der Waals surface area (Å²) in [4.78, 5) is 11.4. The standard InChI is InChI=1S/C38H64O11/c1-19(2)23(40)13-17-37(8,46)22-12-15-35(6)21(22)10-11-26-36(35,7)16-14-25-34(4,5)32(30(44)31(45)38(25,26)9)49-33-29(43)28(42)27(41)24(48-33)18-47-20(3)39/h21-33,40-46H,1,10-18H2,2-9H3/t21-,22+,23-,24-,25+,26+,27-,28+,29-,30-,31-,32+,33+,35-,36-,37-,38+/m1/s1. The quantitative estimate of drug-likeness (QED) is 0.107. The Balaban J connectivity index is 1.38. The molecule has 7 N–H and O–H groups in total. The van der Waals surface area contributed by atoms with Crippen LogP contribution in [0.3, 0.4) is 0 Å². The van der Waals surface area contributed by atoms with Crippen molar-refractivity contribution < 1.29 is 54.8 Å². The second-order valence-electron chi connectivity index (χ2n) is 18.1. The van der Waals surface area contributed by atoms with Gasteiger partial charge in [-0.2, -0.15) is 0 Å². The third kappa shape index (κ3) is 6.14. The molecule has 5 fully saturated rings. The Bertz CT molecular complexity index is 1240. The summed E-state index contributed by atoms with van der Waals surface area (Å²) in [7, 11) is 0. The first kappa shape index (κ1) is 39.1. The zero-order valence-corrected chi connectivity index (χ0v) is 30.8. The van der Waals surface area contributed by atoms with E-state index in [2.05, 4.69) is 27.4 Å². The minimum Gasteiger partial charge on any atom is -0.463 e. The molecular weight excluding hydrogens is 632 g/mol. The molecule has 49 heavy (non-hydrogen) atoms. The van der Waals surface area contributed by atoms with Crippen molar-refractivity contribution in [3.63, 3.8) is 0 Å². The van der Waals surface area contributed by atoms with Crippen LogP contribution >= 0.6 is 0 Å². The topological polar surface area (TPSA) is 186 Å². The summed E-state index contributed by atoms with van der Waals surface area (Å²) in [6.45, 7) is 19.4. The number of hydrogen-bond acceptors (Lipinski definition) is 11. The monoisotopic (exact) mass is 696 g/mol. The van der Waals surface area contributed by atoms with Gasteiger partial charge in [0.25, 0.3) is 0 Å². The summed E-state index contributed by atoms with van der Waals surface area (Å²) >= 11 is 0. The Labute approximate surface area is 292 Å². The Morgan fingerprint density at radius 3 is 2.14 bits per heavy atom. The van der Waals surface area contributed by atoms with Crippen molar-refractivity contribution in [3.05, 3.63) is 12.2 Å². The maximum atomic E-state index is 12.2. The van der Waals surface area contributed by atoms with E-state index in [1.165, 1.54) is 6.92 Å². The molecule has 0 aromatic rings. The smallest absolute Gasteiger partial charge is 0.302 e. The maximum absolute atomic E-state index is 12.2. The van der Waals surface area contributed by atoms with Crippen molar-refractivity contribution in [1.82, 2.24) is 0 Å². The van der Waals surface area contributed by atoms with E-state index in [0.29, 0.717) is 18.4 Å². The highest BCUT2D eigenvalue weighted by molar-refractivity contribution is 5.65. The lowest BCUT2D eigenvalue weighted by molar-refractivity contribution is -0.355. The number of esters is 1. The van der Waals surface area contributed by atoms with Crippen LogP contribution in [0.1, 0.15) is 107 Å². The molecule has 17 atom stereocenters. The SMILES string of the molecule is C=C(C)[C@H](O)CC[C@@](C)(O)[C@H]1CC[C@]2(C)[C@@H]1CC[C@@H]1[C@@]3(C)[C@H](O)[C@@H](O)[C@H](O[C@@H]4O[C@H](COC(C)=O)[C@@H](O)[C@H](O)[C@H]4O)C(C)(C)[C@@H]3CC[C@]12C. The third-order valence-corrected chi connectivity index (χ3v) is 15.2. The number of aliphatic hydroxyl groups excluding tert-OH is 6. The predicted octanol–water partition coefficient (Wildman–Crippen LogP) is 2.84. The molecule has 0 unspecified atom stereocenters. The number of carbonyl (C=O) groups excluding carboxylic acids is 1. The van der Waals surface area contributed by atoms with E-state index in [-0.39, 0.29) is 41.1 Å². The van der Waals surface area contributed by atoms with Crippen LogP contribution in [-0.4, -0.2) is 109 Å². The highest BCUT2D eigenvalue weighted by atomic mass is 16.7. The molecule has 1 heterocycles. The Morgan fingerprint density at radius 2 is 1.53 bits per heavy atom. The van der Waals surface area contributed by atoms with E-state index in [9.17, 15) is 40.5 Å². The van der Waals surface area contributed by atoms with Gasteiger partial charge in [-0.3, -0.25) is 4.79 Å². The normalized spacial score (nSPS) is 49.5. The lowest BCUT2D eigenvalue weighted by atomic mass is 9.34. The average Bonchev–Trinajstić information content (AvgIpc) is 3.39. The number of hydrogen-bond donors (Lipinski definition) is 7. The predicted molar refractivity (Wildman–Crippen MR) is 181 cm³/mol. The summed E-state index contributed by atoms with van der Waals surface area (Å²) in [5, 5.41) is 78.3. The summed E-state index contributed by atoms with van der Waals surface area (Å²) in [5.41, 5.74) is -1.86. The van der Waals surface area contributed by atoms with Crippen LogP contribution in [-0.2, 0) is 19.0 Å². The zero-order chi connectivity index (χ0) is 36.6. The van der Waals surface area contributed by atoms with Crippen LogP contribution in [0.15, 0.2) is 12.2 Å². The second-order valence-corrected chi connectivity index (χ2v) is 18.1. The number of fused-ring (bicyclic) bond motifs is 5. The van der Waals surface area contributed by atoms with E-state index in [0.717, 1.165) is 38.5 Å². The van der Waals surface area contributed by atoms with Gasteiger partial charge in [0.2, 0.25) is 0 Å². The number of aliphatic hydroxyl groups is 7. The lowest BCUT2D eigenvalue weighted by Crippen LogP contribution is -2.73. The van der Waals surface area contributed by atoms with Gasteiger partial charge in [0.15, 0.2) is 6.29 Å². The lowest BCUT2D eigenvalue weighted by Gasteiger charge is -2.71. The first-order valence-corrected chi connectivity index (χ1v) is 18.5. The van der Waals surface area contributed by atoms with Crippen molar-refractivity contribution in [3.8, 4) is 0 Å². The van der Waals surface area contributed by atoms with Gasteiger partial charge < -0.3 is 50.0 Å². The van der Waals surface area contributed by atoms with Crippen molar-refractivity contribution in [2.45, 2.75) is 167 Å². The molecule has 11 nitrogen and oxygen atoms in total. The molecule has 4 saturated carbocycles. The summed E-state index contributed by atoms with van der Waals surface area (Å²) in [6, 6.07) is 0. The molecule has 4 aliphatic carbocycles. The molecule has 1 saturated heterocycles. The van der Waals surface area contributed by atoms with Gasteiger partial charge in [-0.25, -0.2) is 0 Å². The van der Waals surface area contributed by atoms with Gasteiger partial charge in [0.1, 0.15) is 37.1 Å². The van der Waals surface area contributed by atoms with Gasteiger partial charge in [0.05, 0.1) is 23.9 Å². The van der Waals surface area contributed by atoms with Crippen LogP contribution in [0.5, 0.6) is 0 Å². The number of ether oxygens (including phenoxy) is 3. The fourth-order valence-electron chi connectivity index (χ4n) is 12.2. The molecule has 0 aromatic heterocycles. The highest BCUT2D eigenvalue weighted by Gasteiger charge is 2.73. The van der Waals surface area contributed by atoms with Gasteiger partial charge in [-0.1, -0.05) is 46.8 Å². The molecule has 0 bridgehead atoms. The average molecular weight is 697 g/mol. The van der Waals surface area contributed by atoms with Gasteiger partial charge >= 0.3 is 5.97 Å². The maximum Gasteiger partial charge on any atom is 0.302 e. The minimum absolute atomic E-state index is 0.0707. The van der Waals surface area contributed by atoms with E-state index in [4.69, 9.17) is 14.2 Å². The molecule has 0 radical (unpaired) electrons. The second kappa shape index (κ2) is 13.4. The largest absolute Gasteiger partial charge is 0.463 e.